The largest absolute Gasteiger partial charge is 0.444 e. The van der Waals surface area contributed by atoms with E-state index in [0.717, 1.165) is 5.56 Å². The van der Waals surface area contributed by atoms with Crippen molar-refractivity contribution >= 4 is 11.8 Å². The van der Waals surface area contributed by atoms with Crippen LogP contribution in [0.15, 0.2) is 72.9 Å². The van der Waals surface area contributed by atoms with Crippen molar-refractivity contribution < 1.29 is 14.3 Å². The van der Waals surface area contributed by atoms with Crippen molar-refractivity contribution in [2.24, 2.45) is 0 Å². The zero-order chi connectivity index (χ0) is 18.2. The number of ether oxygens (including phenoxy) is 2. The maximum atomic E-state index is 11.8. The van der Waals surface area contributed by atoms with Crippen LogP contribution in [0, 0.1) is 11.3 Å². The van der Waals surface area contributed by atoms with Crippen LogP contribution in [0.3, 0.4) is 0 Å². The fourth-order valence-corrected chi connectivity index (χ4v) is 2.11. The van der Waals surface area contributed by atoms with E-state index >= 15 is 0 Å². The van der Waals surface area contributed by atoms with E-state index in [-0.39, 0.29) is 6.61 Å². The Labute approximate surface area is 150 Å². The number of benzene rings is 2. The predicted molar refractivity (Wildman–Crippen MR) is 95.7 cm³/mol. The summed E-state index contributed by atoms with van der Waals surface area (Å²) in [6.45, 7) is 0.207. The Morgan fingerprint density at radius 3 is 2.46 bits per heavy atom. The summed E-state index contributed by atoms with van der Waals surface area (Å²) >= 11 is 0. The summed E-state index contributed by atoms with van der Waals surface area (Å²) in [6.07, 6.45) is 0.907. The number of anilines is 1. The van der Waals surface area contributed by atoms with Gasteiger partial charge in [0.15, 0.2) is 0 Å². The van der Waals surface area contributed by atoms with Crippen LogP contribution in [0.1, 0.15) is 11.1 Å². The molecule has 0 saturated carbocycles. The van der Waals surface area contributed by atoms with Gasteiger partial charge in [-0.25, -0.2) is 9.78 Å². The molecule has 26 heavy (non-hydrogen) atoms. The molecular formula is C20H15N3O3. The summed E-state index contributed by atoms with van der Waals surface area (Å²) in [6, 6.07) is 21.5. The fourth-order valence-electron chi connectivity index (χ4n) is 2.11. The summed E-state index contributed by atoms with van der Waals surface area (Å²) in [5.74, 6) is 0.942. The summed E-state index contributed by atoms with van der Waals surface area (Å²) in [5, 5.41) is 11.4. The van der Waals surface area contributed by atoms with Gasteiger partial charge in [0.05, 0.1) is 5.56 Å². The van der Waals surface area contributed by atoms with Crippen LogP contribution in [0.25, 0.3) is 0 Å². The monoisotopic (exact) mass is 345 g/mol. The third-order valence-electron chi connectivity index (χ3n) is 3.40. The van der Waals surface area contributed by atoms with Crippen molar-refractivity contribution in [2.45, 2.75) is 6.61 Å². The molecule has 0 aliphatic heterocycles. The van der Waals surface area contributed by atoms with E-state index in [0.29, 0.717) is 22.9 Å². The molecule has 1 aromatic heterocycles. The van der Waals surface area contributed by atoms with E-state index in [9.17, 15) is 4.79 Å². The maximum Gasteiger partial charge on any atom is 0.411 e. The van der Waals surface area contributed by atoms with Gasteiger partial charge in [-0.15, -0.1) is 0 Å². The molecule has 0 spiro atoms. The van der Waals surface area contributed by atoms with Gasteiger partial charge in [-0.3, -0.25) is 5.32 Å². The summed E-state index contributed by atoms with van der Waals surface area (Å²) in [7, 11) is 0. The highest BCUT2D eigenvalue weighted by atomic mass is 16.5. The van der Waals surface area contributed by atoms with Crippen molar-refractivity contribution in [3.63, 3.8) is 0 Å². The van der Waals surface area contributed by atoms with E-state index in [4.69, 9.17) is 14.7 Å². The quantitative estimate of drug-likeness (QED) is 0.736. The number of pyridine rings is 1. The summed E-state index contributed by atoms with van der Waals surface area (Å²) in [5.41, 5.74) is 1.97. The highest BCUT2D eigenvalue weighted by molar-refractivity contribution is 5.84. The highest BCUT2D eigenvalue weighted by Gasteiger charge is 2.05. The van der Waals surface area contributed by atoms with Gasteiger partial charge in [0, 0.05) is 18.0 Å². The van der Waals surface area contributed by atoms with E-state index in [2.05, 4.69) is 10.3 Å². The standard InChI is InChI=1S/C20H15N3O3/c21-12-16-6-11-19(22-13-16)26-18-9-7-17(8-10-18)23-20(24)25-14-15-4-2-1-3-5-15/h1-11,13H,14H2,(H,23,24). The number of nitrogens with zero attached hydrogens (tertiary/aromatic N) is 2. The molecule has 0 saturated heterocycles. The molecule has 3 rings (SSSR count). The number of amides is 1. The third kappa shape index (κ3) is 4.82. The van der Waals surface area contributed by atoms with Gasteiger partial charge in [-0.2, -0.15) is 5.26 Å². The van der Waals surface area contributed by atoms with Crippen LogP contribution >= 0.6 is 0 Å². The van der Waals surface area contributed by atoms with Gasteiger partial charge in [-0.05, 0) is 35.9 Å². The van der Waals surface area contributed by atoms with Crippen LogP contribution in [-0.2, 0) is 11.3 Å². The molecule has 0 unspecified atom stereocenters. The van der Waals surface area contributed by atoms with Crippen LogP contribution in [-0.4, -0.2) is 11.1 Å². The van der Waals surface area contributed by atoms with Crippen LogP contribution in [0.5, 0.6) is 11.6 Å². The van der Waals surface area contributed by atoms with Crippen molar-refractivity contribution in [1.29, 1.82) is 5.26 Å². The fraction of sp³-hybridized carbons (Fsp3) is 0.0500. The van der Waals surface area contributed by atoms with E-state index < -0.39 is 6.09 Å². The lowest BCUT2D eigenvalue weighted by Gasteiger charge is -2.08. The molecule has 6 heteroatoms. The molecule has 128 valence electrons. The second-order valence-electron chi connectivity index (χ2n) is 5.31. The van der Waals surface area contributed by atoms with Gasteiger partial charge in [-0.1, -0.05) is 30.3 Å². The van der Waals surface area contributed by atoms with E-state index in [1.54, 1.807) is 36.4 Å². The lowest BCUT2D eigenvalue weighted by atomic mass is 10.2. The first-order valence-corrected chi connectivity index (χ1v) is 7.85. The average molecular weight is 345 g/mol. The number of rotatable bonds is 5. The van der Waals surface area contributed by atoms with Crippen LogP contribution in [0.4, 0.5) is 10.5 Å². The molecule has 0 atom stereocenters. The molecule has 1 amide bonds. The Hall–Kier alpha value is -3.85. The number of nitriles is 1. The minimum Gasteiger partial charge on any atom is -0.444 e. The van der Waals surface area contributed by atoms with Crippen molar-refractivity contribution in [3.05, 3.63) is 84.1 Å². The topological polar surface area (TPSA) is 84.2 Å². The first-order chi connectivity index (χ1) is 12.7. The molecular weight excluding hydrogens is 330 g/mol. The lowest BCUT2D eigenvalue weighted by molar-refractivity contribution is 0.155. The van der Waals surface area contributed by atoms with Gasteiger partial charge in [0.1, 0.15) is 18.4 Å². The van der Waals surface area contributed by atoms with Gasteiger partial charge < -0.3 is 9.47 Å². The number of nitrogens with one attached hydrogen (secondary N) is 1. The Kier molecular flexibility index (Phi) is 5.43. The van der Waals surface area contributed by atoms with Gasteiger partial charge in [0.25, 0.3) is 0 Å². The number of hydrogen-bond acceptors (Lipinski definition) is 5. The second-order valence-corrected chi connectivity index (χ2v) is 5.31. The zero-order valence-corrected chi connectivity index (χ0v) is 13.8. The van der Waals surface area contributed by atoms with Crippen LogP contribution in [0.2, 0.25) is 0 Å². The minimum atomic E-state index is -0.531. The molecule has 1 N–H and O–H groups in total. The molecule has 0 aliphatic carbocycles. The van der Waals surface area contributed by atoms with Crippen molar-refractivity contribution in [1.82, 2.24) is 4.98 Å². The predicted octanol–water partition coefficient (Wildman–Crippen LogP) is 4.49. The number of carbonyl (C=O) groups is 1. The summed E-state index contributed by atoms with van der Waals surface area (Å²) in [4.78, 5) is 15.9. The molecule has 1 heterocycles. The third-order valence-corrected chi connectivity index (χ3v) is 3.40. The molecule has 2 aromatic carbocycles. The SMILES string of the molecule is N#Cc1ccc(Oc2ccc(NC(=O)OCc3ccccc3)cc2)nc1. The zero-order valence-electron chi connectivity index (χ0n) is 13.8. The number of hydrogen-bond donors (Lipinski definition) is 1. The molecule has 0 radical (unpaired) electrons. The molecule has 0 fully saturated rings. The number of aromatic nitrogens is 1. The normalized spacial score (nSPS) is 9.81. The first-order valence-electron chi connectivity index (χ1n) is 7.85. The minimum absolute atomic E-state index is 0.207. The van der Waals surface area contributed by atoms with E-state index in [1.165, 1.54) is 6.20 Å². The Morgan fingerprint density at radius 2 is 1.81 bits per heavy atom. The highest BCUT2D eigenvalue weighted by Crippen LogP contribution is 2.21. The first kappa shape index (κ1) is 17.0. The van der Waals surface area contributed by atoms with Crippen molar-refractivity contribution in [2.75, 3.05) is 5.32 Å². The van der Waals surface area contributed by atoms with Gasteiger partial charge >= 0.3 is 6.09 Å². The van der Waals surface area contributed by atoms with Crippen molar-refractivity contribution in [3.8, 4) is 17.7 Å². The smallest absolute Gasteiger partial charge is 0.411 e. The summed E-state index contributed by atoms with van der Waals surface area (Å²) < 4.78 is 10.7. The van der Waals surface area contributed by atoms with Gasteiger partial charge in [0.2, 0.25) is 5.88 Å². The Balaban J connectivity index is 1.52. The second kappa shape index (κ2) is 8.31. The van der Waals surface area contributed by atoms with E-state index in [1.807, 2.05) is 36.4 Å². The lowest BCUT2D eigenvalue weighted by Crippen LogP contribution is -2.13. The Bertz CT molecular complexity index is 902. The average Bonchev–Trinajstić information content (AvgIpc) is 2.69. The maximum absolute atomic E-state index is 11.8. The molecule has 0 aliphatic rings. The molecule has 6 nitrogen and oxygen atoms in total. The molecule has 3 aromatic rings. The molecule has 0 bridgehead atoms. The number of carbonyl (C=O) groups excluding carboxylic acids is 1. The van der Waals surface area contributed by atoms with Crippen LogP contribution < -0.4 is 10.1 Å². The Morgan fingerprint density at radius 1 is 1.04 bits per heavy atom.